The van der Waals surface area contributed by atoms with Crippen LogP contribution in [0.1, 0.15) is 39.5 Å². The Labute approximate surface area is 156 Å². The zero-order valence-electron chi connectivity index (χ0n) is 16.1. The van der Waals surface area contributed by atoms with E-state index in [9.17, 15) is 0 Å². The van der Waals surface area contributed by atoms with Gasteiger partial charge in [-0.05, 0) is 12.8 Å². The molecule has 0 saturated heterocycles. The number of ether oxygens (including phenoxy) is 3. The quantitative estimate of drug-likeness (QED) is 0.352. The summed E-state index contributed by atoms with van der Waals surface area (Å²) < 4.78 is 16.3. The van der Waals surface area contributed by atoms with Crippen LogP contribution in [0.2, 0.25) is 0 Å². The third-order valence-corrected chi connectivity index (χ3v) is 3.32. The van der Waals surface area contributed by atoms with Crippen LogP contribution in [0.5, 0.6) is 6.01 Å². The largest absolute Gasteiger partial charge is 0.463 e. The highest BCUT2D eigenvalue weighted by Gasteiger charge is 2.07. The second-order valence-corrected chi connectivity index (χ2v) is 5.69. The smallest absolute Gasteiger partial charge is 0.323 e. The Bertz CT molecular complexity index is 436. The van der Waals surface area contributed by atoms with Crippen molar-refractivity contribution in [2.75, 3.05) is 63.3 Å². The summed E-state index contributed by atoms with van der Waals surface area (Å²) in [7, 11) is 0. The Kier molecular flexibility index (Phi) is 13.3. The number of aromatic nitrogens is 3. The molecule has 26 heavy (non-hydrogen) atoms. The first-order valence-corrected chi connectivity index (χ1v) is 9.52. The minimum Gasteiger partial charge on any atom is -0.463 e. The molecule has 0 saturated carbocycles. The van der Waals surface area contributed by atoms with Gasteiger partial charge in [0.25, 0.3) is 0 Å². The lowest BCUT2D eigenvalue weighted by molar-refractivity contribution is 0.0547. The molecule has 0 unspecified atom stereocenters. The number of anilines is 2. The zero-order chi connectivity index (χ0) is 18.9. The van der Waals surface area contributed by atoms with Gasteiger partial charge in [-0.25, -0.2) is 0 Å². The molecule has 0 spiro atoms. The first kappa shape index (κ1) is 22.3. The van der Waals surface area contributed by atoms with Crippen molar-refractivity contribution in [3.8, 4) is 6.01 Å². The predicted molar refractivity (Wildman–Crippen MR) is 103 cm³/mol. The number of unbranched alkanes of at least 4 members (excludes halogenated alkanes) is 2. The lowest BCUT2D eigenvalue weighted by atomic mass is 10.3. The van der Waals surface area contributed by atoms with Gasteiger partial charge in [-0.15, -0.1) is 0 Å². The Morgan fingerprint density at radius 1 is 0.769 bits per heavy atom. The molecule has 0 fully saturated rings. The first-order valence-electron chi connectivity index (χ1n) is 9.52. The van der Waals surface area contributed by atoms with E-state index in [0.717, 1.165) is 32.2 Å². The SMILES string of the molecule is CCCCNc1nc(NCCOCCOCCN)nc(OCCCC)n1. The lowest BCUT2D eigenvalue weighted by Gasteiger charge is -2.11. The van der Waals surface area contributed by atoms with Crippen molar-refractivity contribution in [1.82, 2.24) is 15.0 Å². The molecule has 0 radical (unpaired) electrons. The standard InChI is InChI=1S/C17H34N6O3/c1-3-5-8-19-15-21-16(23-17(22-15)26-10-6-4-2)20-9-12-25-14-13-24-11-7-18/h3-14,18H2,1-2H3,(H2,19,20,21,22,23). The van der Waals surface area contributed by atoms with Crippen LogP contribution in [-0.4, -0.2) is 67.6 Å². The number of hydrogen-bond acceptors (Lipinski definition) is 9. The molecule has 0 atom stereocenters. The molecule has 4 N–H and O–H groups in total. The maximum atomic E-state index is 5.62. The van der Waals surface area contributed by atoms with E-state index in [1.165, 1.54) is 0 Å². The Morgan fingerprint density at radius 2 is 1.42 bits per heavy atom. The van der Waals surface area contributed by atoms with Crippen molar-refractivity contribution in [3.63, 3.8) is 0 Å². The van der Waals surface area contributed by atoms with Gasteiger partial charge in [0.1, 0.15) is 0 Å². The molecule has 0 aliphatic rings. The predicted octanol–water partition coefficient (Wildman–Crippen LogP) is 1.67. The molecule has 0 aliphatic heterocycles. The fraction of sp³-hybridized carbons (Fsp3) is 0.824. The second-order valence-electron chi connectivity index (χ2n) is 5.69. The van der Waals surface area contributed by atoms with Crippen molar-refractivity contribution >= 4 is 11.9 Å². The normalized spacial score (nSPS) is 10.7. The number of rotatable bonds is 17. The summed E-state index contributed by atoms with van der Waals surface area (Å²) >= 11 is 0. The molecule has 1 aromatic heterocycles. The maximum absolute atomic E-state index is 5.62. The highest BCUT2D eigenvalue weighted by Crippen LogP contribution is 2.12. The zero-order valence-corrected chi connectivity index (χ0v) is 16.1. The van der Waals surface area contributed by atoms with E-state index in [0.29, 0.717) is 64.0 Å². The molecule has 150 valence electrons. The highest BCUT2D eigenvalue weighted by atomic mass is 16.5. The fourth-order valence-corrected chi connectivity index (χ4v) is 1.90. The summed E-state index contributed by atoms with van der Waals surface area (Å²) in [6, 6.07) is 0.339. The number of nitrogens with zero attached hydrogens (tertiary/aromatic N) is 3. The van der Waals surface area contributed by atoms with Crippen LogP contribution >= 0.6 is 0 Å². The Hall–Kier alpha value is -1.71. The van der Waals surface area contributed by atoms with Crippen LogP contribution in [0.15, 0.2) is 0 Å². The lowest BCUT2D eigenvalue weighted by Crippen LogP contribution is -2.17. The third-order valence-electron chi connectivity index (χ3n) is 3.32. The number of nitrogens with two attached hydrogens (primary N) is 1. The van der Waals surface area contributed by atoms with Crippen molar-refractivity contribution < 1.29 is 14.2 Å². The van der Waals surface area contributed by atoms with Crippen LogP contribution in [0.25, 0.3) is 0 Å². The van der Waals surface area contributed by atoms with Crippen LogP contribution in [0, 0.1) is 0 Å². The van der Waals surface area contributed by atoms with E-state index in [1.54, 1.807) is 0 Å². The van der Waals surface area contributed by atoms with Crippen LogP contribution in [-0.2, 0) is 9.47 Å². The van der Waals surface area contributed by atoms with Gasteiger partial charge in [-0.1, -0.05) is 26.7 Å². The number of hydrogen-bond donors (Lipinski definition) is 3. The molecule has 9 heteroatoms. The van der Waals surface area contributed by atoms with E-state index >= 15 is 0 Å². The minimum atomic E-state index is 0.339. The van der Waals surface area contributed by atoms with Gasteiger partial charge in [0.2, 0.25) is 11.9 Å². The molecule has 0 aromatic carbocycles. The van der Waals surface area contributed by atoms with Crippen LogP contribution in [0.4, 0.5) is 11.9 Å². The first-order chi connectivity index (χ1) is 12.8. The van der Waals surface area contributed by atoms with Gasteiger partial charge in [0.05, 0.1) is 33.0 Å². The molecular weight excluding hydrogens is 336 g/mol. The molecule has 1 aromatic rings. The van der Waals surface area contributed by atoms with Crippen LogP contribution in [0.3, 0.4) is 0 Å². The van der Waals surface area contributed by atoms with Gasteiger partial charge in [0, 0.05) is 19.6 Å². The summed E-state index contributed by atoms with van der Waals surface area (Å²) in [6.07, 6.45) is 4.19. The molecule has 0 bridgehead atoms. The molecule has 1 heterocycles. The Morgan fingerprint density at radius 3 is 2.08 bits per heavy atom. The van der Waals surface area contributed by atoms with Gasteiger partial charge in [0.15, 0.2) is 0 Å². The van der Waals surface area contributed by atoms with E-state index < -0.39 is 0 Å². The van der Waals surface area contributed by atoms with Gasteiger partial charge >= 0.3 is 6.01 Å². The van der Waals surface area contributed by atoms with Crippen molar-refractivity contribution in [2.24, 2.45) is 5.73 Å². The summed E-state index contributed by atoms with van der Waals surface area (Å²) in [5.41, 5.74) is 5.35. The summed E-state index contributed by atoms with van der Waals surface area (Å²) in [5.74, 6) is 1.01. The van der Waals surface area contributed by atoms with E-state index in [2.05, 4.69) is 39.4 Å². The molecular formula is C17H34N6O3. The minimum absolute atomic E-state index is 0.339. The topological polar surface area (TPSA) is 116 Å². The highest BCUT2D eigenvalue weighted by molar-refractivity contribution is 5.35. The summed E-state index contributed by atoms with van der Waals surface area (Å²) in [5, 5.41) is 6.35. The summed E-state index contributed by atoms with van der Waals surface area (Å²) in [6.45, 7) is 8.95. The van der Waals surface area contributed by atoms with Gasteiger partial charge in [-0.3, -0.25) is 0 Å². The van der Waals surface area contributed by atoms with Crippen molar-refractivity contribution in [2.45, 2.75) is 39.5 Å². The van der Waals surface area contributed by atoms with E-state index in [1.807, 2.05) is 0 Å². The average molecular weight is 370 g/mol. The monoisotopic (exact) mass is 370 g/mol. The van der Waals surface area contributed by atoms with Gasteiger partial charge in [-0.2, -0.15) is 15.0 Å². The molecule has 9 nitrogen and oxygen atoms in total. The molecule has 0 aliphatic carbocycles. The maximum Gasteiger partial charge on any atom is 0.323 e. The molecule has 0 amide bonds. The van der Waals surface area contributed by atoms with E-state index in [-0.39, 0.29) is 0 Å². The number of nitrogens with one attached hydrogen (secondary N) is 2. The van der Waals surface area contributed by atoms with E-state index in [4.69, 9.17) is 19.9 Å². The summed E-state index contributed by atoms with van der Waals surface area (Å²) in [4.78, 5) is 13.0. The third kappa shape index (κ3) is 11.0. The second kappa shape index (κ2) is 15.5. The Balaban J connectivity index is 2.42. The van der Waals surface area contributed by atoms with Crippen molar-refractivity contribution in [1.29, 1.82) is 0 Å². The van der Waals surface area contributed by atoms with Crippen LogP contribution < -0.4 is 21.1 Å². The average Bonchev–Trinajstić information content (AvgIpc) is 2.64. The fourth-order valence-electron chi connectivity index (χ4n) is 1.90. The molecule has 1 rings (SSSR count). The van der Waals surface area contributed by atoms with Crippen molar-refractivity contribution in [3.05, 3.63) is 0 Å². The van der Waals surface area contributed by atoms with Gasteiger partial charge < -0.3 is 30.6 Å².